The third kappa shape index (κ3) is 6.88. The lowest BCUT2D eigenvalue weighted by Gasteiger charge is -2.35. The van der Waals surface area contributed by atoms with Gasteiger partial charge in [-0.1, -0.05) is 53.4 Å². The number of nitrogens with zero attached hydrogens (tertiary/aromatic N) is 2. The number of fused-ring (bicyclic) bond motifs is 3. The predicted octanol–water partition coefficient (Wildman–Crippen LogP) is 6.72. The van der Waals surface area contributed by atoms with E-state index >= 15 is 0 Å². The SMILES string of the molecule is CC(C)(C)O.CO.CSN1Cc2cc(Cl)cnc2-c2c(C)c(-c3ccc(C)cc3)c(CC=O)c(C)c21. The Morgan fingerprint density at radius 1 is 1.08 bits per heavy atom. The van der Waals surface area contributed by atoms with E-state index in [0.29, 0.717) is 11.4 Å². The topological polar surface area (TPSA) is 73.7 Å². The molecule has 1 aliphatic heterocycles. The Labute approximate surface area is 224 Å². The van der Waals surface area contributed by atoms with Crippen molar-refractivity contribution in [1.82, 2.24) is 4.98 Å². The van der Waals surface area contributed by atoms with E-state index in [-0.39, 0.29) is 0 Å². The van der Waals surface area contributed by atoms with E-state index in [0.717, 1.165) is 70.3 Å². The molecule has 194 valence electrons. The van der Waals surface area contributed by atoms with Crippen LogP contribution in [0.4, 0.5) is 5.69 Å². The molecule has 0 saturated carbocycles. The number of carbonyl (C=O) groups is 1. The Balaban J connectivity index is 0.000000583. The van der Waals surface area contributed by atoms with Gasteiger partial charge in [-0.3, -0.25) is 4.98 Å². The van der Waals surface area contributed by atoms with Crippen LogP contribution < -0.4 is 4.31 Å². The molecule has 0 atom stereocenters. The van der Waals surface area contributed by atoms with Crippen LogP contribution in [0.2, 0.25) is 5.02 Å². The number of hydrogen-bond donors (Lipinski definition) is 2. The lowest BCUT2D eigenvalue weighted by Crippen LogP contribution is -2.22. The number of benzene rings is 2. The van der Waals surface area contributed by atoms with Crippen molar-refractivity contribution in [2.75, 3.05) is 17.7 Å². The molecule has 7 heteroatoms. The van der Waals surface area contributed by atoms with Crippen molar-refractivity contribution in [3.63, 3.8) is 0 Å². The zero-order valence-corrected chi connectivity index (χ0v) is 24.0. The molecule has 2 N–H and O–H groups in total. The van der Waals surface area contributed by atoms with Crippen molar-refractivity contribution >= 4 is 35.5 Å². The summed E-state index contributed by atoms with van der Waals surface area (Å²) in [7, 11) is 1.00. The van der Waals surface area contributed by atoms with Gasteiger partial charge < -0.3 is 19.3 Å². The van der Waals surface area contributed by atoms with Crippen LogP contribution in [0.15, 0.2) is 36.5 Å². The molecule has 0 spiro atoms. The van der Waals surface area contributed by atoms with Crippen LogP contribution in [0.3, 0.4) is 0 Å². The van der Waals surface area contributed by atoms with Gasteiger partial charge in [0.15, 0.2) is 0 Å². The van der Waals surface area contributed by atoms with Gasteiger partial charge in [0.05, 0.1) is 28.5 Å². The fourth-order valence-corrected chi connectivity index (χ4v) is 5.17. The van der Waals surface area contributed by atoms with Gasteiger partial charge in [0.25, 0.3) is 0 Å². The Kier molecular flexibility index (Phi) is 10.6. The molecule has 0 radical (unpaired) electrons. The summed E-state index contributed by atoms with van der Waals surface area (Å²) in [6.07, 6.45) is 5.20. The van der Waals surface area contributed by atoms with E-state index in [2.05, 4.69) is 55.6 Å². The first kappa shape index (κ1) is 29.8. The molecule has 1 aromatic heterocycles. The summed E-state index contributed by atoms with van der Waals surface area (Å²) in [6, 6.07) is 10.5. The number of aliphatic hydroxyl groups is 2. The van der Waals surface area contributed by atoms with Crippen molar-refractivity contribution in [2.45, 2.75) is 60.1 Å². The molecule has 2 heterocycles. The average molecular weight is 529 g/mol. The quantitative estimate of drug-likeness (QED) is 0.289. The van der Waals surface area contributed by atoms with E-state index in [1.165, 1.54) is 5.56 Å². The third-order valence-corrected chi connectivity index (χ3v) is 6.64. The van der Waals surface area contributed by atoms with Gasteiger partial charge in [0.2, 0.25) is 0 Å². The summed E-state index contributed by atoms with van der Waals surface area (Å²) in [4.78, 5) is 16.3. The second kappa shape index (κ2) is 12.7. The first-order valence-corrected chi connectivity index (χ1v) is 13.3. The Bertz CT molecular complexity index is 1200. The van der Waals surface area contributed by atoms with E-state index in [1.54, 1.807) is 38.9 Å². The van der Waals surface area contributed by atoms with Gasteiger partial charge in [0, 0.05) is 37.1 Å². The lowest BCUT2D eigenvalue weighted by atomic mass is 9.82. The molecule has 5 nitrogen and oxygen atoms in total. The van der Waals surface area contributed by atoms with E-state index in [9.17, 15) is 4.79 Å². The van der Waals surface area contributed by atoms with Crippen LogP contribution >= 0.6 is 23.5 Å². The van der Waals surface area contributed by atoms with Gasteiger partial charge in [-0.05, 0) is 75.4 Å². The summed E-state index contributed by atoms with van der Waals surface area (Å²) < 4.78 is 2.28. The number of hydrogen-bond acceptors (Lipinski definition) is 6. The smallest absolute Gasteiger partial charge is 0.124 e. The number of rotatable bonds is 4. The predicted molar refractivity (Wildman–Crippen MR) is 154 cm³/mol. The fraction of sp³-hybridized carbons (Fsp3) is 0.379. The second-order valence-corrected chi connectivity index (χ2v) is 10.9. The fourth-order valence-electron chi connectivity index (χ4n) is 4.31. The first-order chi connectivity index (χ1) is 17.0. The highest BCUT2D eigenvalue weighted by atomic mass is 35.5. The van der Waals surface area contributed by atoms with E-state index in [4.69, 9.17) is 26.8 Å². The van der Waals surface area contributed by atoms with E-state index < -0.39 is 5.60 Å². The maximum absolute atomic E-state index is 11.6. The summed E-state index contributed by atoms with van der Waals surface area (Å²) in [5.74, 6) is 0. The molecular formula is C29H37ClN2O3S. The molecular weight excluding hydrogens is 492 g/mol. The molecule has 0 amide bonds. The third-order valence-electron chi connectivity index (χ3n) is 5.68. The number of aliphatic hydroxyl groups excluding tert-OH is 1. The lowest BCUT2D eigenvalue weighted by molar-refractivity contribution is -0.107. The summed E-state index contributed by atoms with van der Waals surface area (Å²) >= 11 is 7.93. The van der Waals surface area contributed by atoms with Crippen molar-refractivity contribution in [3.8, 4) is 22.4 Å². The molecule has 4 rings (SSSR count). The minimum Gasteiger partial charge on any atom is -0.400 e. The Morgan fingerprint density at radius 3 is 2.19 bits per heavy atom. The van der Waals surface area contributed by atoms with Crippen molar-refractivity contribution in [1.29, 1.82) is 0 Å². The largest absolute Gasteiger partial charge is 0.400 e. The zero-order chi connectivity index (χ0) is 27.2. The zero-order valence-electron chi connectivity index (χ0n) is 22.4. The normalized spacial score (nSPS) is 11.9. The van der Waals surface area contributed by atoms with Crippen molar-refractivity contribution < 1.29 is 15.0 Å². The molecule has 0 unspecified atom stereocenters. The molecule has 0 saturated heterocycles. The summed E-state index contributed by atoms with van der Waals surface area (Å²) in [5, 5.41) is 16.2. The van der Waals surface area contributed by atoms with E-state index in [1.807, 2.05) is 6.07 Å². The van der Waals surface area contributed by atoms with Gasteiger partial charge in [-0.25, -0.2) is 0 Å². The number of pyridine rings is 1. The molecule has 36 heavy (non-hydrogen) atoms. The van der Waals surface area contributed by atoms with Crippen LogP contribution in [-0.2, 0) is 17.8 Å². The molecule has 0 bridgehead atoms. The first-order valence-electron chi connectivity index (χ1n) is 11.8. The maximum Gasteiger partial charge on any atom is 0.124 e. The van der Waals surface area contributed by atoms with Gasteiger partial charge >= 0.3 is 0 Å². The summed E-state index contributed by atoms with van der Waals surface area (Å²) in [5.41, 5.74) is 10.8. The van der Waals surface area contributed by atoms with Crippen LogP contribution in [0.1, 0.15) is 48.6 Å². The number of aryl methyl sites for hydroxylation is 1. The highest BCUT2D eigenvalue weighted by molar-refractivity contribution is 7.99. The van der Waals surface area contributed by atoms with Gasteiger partial charge in [-0.2, -0.15) is 0 Å². The maximum atomic E-state index is 11.6. The van der Waals surface area contributed by atoms with Crippen LogP contribution in [0, 0.1) is 20.8 Å². The number of aromatic nitrogens is 1. The molecule has 0 fully saturated rings. The van der Waals surface area contributed by atoms with Crippen molar-refractivity contribution in [2.24, 2.45) is 0 Å². The highest BCUT2D eigenvalue weighted by Gasteiger charge is 2.30. The number of halogens is 1. The van der Waals surface area contributed by atoms with Crippen LogP contribution in [-0.4, -0.2) is 40.4 Å². The Morgan fingerprint density at radius 2 is 1.67 bits per heavy atom. The number of carbonyl (C=O) groups excluding carboxylic acids is 1. The highest BCUT2D eigenvalue weighted by Crippen LogP contribution is 2.49. The molecule has 2 aromatic carbocycles. The molecule has 0 aliphatic carbocycles. The van der Waals surface area contributed by atoms with Crippen LogP contribution in [0.25, 0.3) is 22.4 Å². The number of anilines is 1. The van der Waals surface area contributed by atoms with Gasteiger partial charge in [0.1, 0.15) is 6.29 Å². The minimum absolute atomic E-state index is 0.395. The van der Waals surface area contributed by atoms with Crippen molar-refractivity contribution in [3.05, 3.63) is 69.4 Å². The summed E-state index contributed by atoms with van der Waals surface area (Å²) in [6.45, 7) is 12.3. The number of aldehydes is 1. The molecule has 3 aromatic rings. The molecule has 1 aliphatic rings. The van der Waals surface area contributed by atoms with Gasteiger partial charge in [-0.15, -0.1) is 0 Å². The average Bonchev–Trinajstić information content (AvgIpc) is 2.82. The monoisotopic (exact) mass is 528 g/mol. The Hall–Kier alpha value is -2.38. The standard InChI is InChI=1S/C24H23ClN2OS.C4H10O.CH4O/c1-14-5-7-17(8-6-14)21-16(3)22-23-18(11-19(25)12-26-23)13-27(29-4)24(22)15(2)20(21)9-10-28;1-4(2,3)5;1-2/h5-8,10-12H,9,13H2,1-4H3;5H,1-3H3;2H,1H3. The minimum atomic E-state index is -0.500. The van der Waals surface area contributed by atoms with Crippen LogP contribution in [0.5, 0.6) is 0 Å². The second-order valence-electron chi connectivity index (χ2n) is 9.62.